The van der Waals surface area contributed by atoms with Gasteiger partial charge in [0.05, 0.1) is 7.56 Å². The highest BCUT2D eigenvalue weighted by atomic mass is 79.9. The molecule has 0 aromatic rings. The van der Waals surface area contributed by atoms with E-state index in [4.69, 9.17) is 0 Å². The summed E-state index contributed by atoms with van der Waals surface area (Å²) in [6, 6.07) is 0. The Morgan fingerprint density at radius 3 is 2.08 bits per heavy atom. The lowest BCUT2D eigenvalue weighted by Gasteiger charge is -2.09. The summed E-state index contributed by atoms with van der Waals surface area (Å²) in [6.07, 6.45) is 7.90. The predicted molar refractivity (Wildman–Crippen MR) is 65.6 cm³/mol. The van der Waals surface area contributed by atoms with Crippen LogP contribution < -0.4 is 0 Å². The fraction of sp³-hybridized carbons (Fsp3) is 1.00. The van der Waals surface area contributed by atoms with Gasteiger partial charge >= 0.3 is 0 Å². The van der Waals surface area contributed by atoms with Crippen LogP contribution in [0.1, 0.15) is 45.4 Å². The second-order valence-electron chi connectivity index (χ2n) is 3.66. The molecule has 12 heavy (non-hydrogen) atoms. The number of unbranched alkanes of at least 4 members (excludes halogenated alkanes) is 3. The Labute approximate surface area is 100 Å². The van der Waals surface area contributed by atoms with Crippen LogP contribution in [0, 0.1) is 0 Å². The normalized spacial score (nSPS) is 32.0. The van der Waals surface area contributed by atoms with Gasteiger partial charge < -0.3 is 0 Å². The number of hydrogen-bond acceptors (Lipinski definition) is 0. The molecule has 3 heteroatoms. The van der Waals surface area contributed by atoms with Crippen molar-refractivity contribution in [1.82, 2.24) is 0 Å². The van der Waals surface area contributed by atoms with Crippen molar-refractivity contribution >= 4 is 47.8 Å². The third kappa shape index (κ3) is 2.71. The minimum atomic E-state index is 0.194. The van der Waals surface area contributed by atoms with E-state index >= 15 is 0 Å². The molecule has 0 aromatic carbocycles. The van der Waals surface area contributed by atoms with Crippen molar-refractivity contribution in [3.05, 3.63) is 0 Å². The van der Waals surface area contributed by atoms with Crippen LogP contribution >= 0.6 is 47.8 Å². The van der Waals surface area contributed by atoms with Gasteiger partial charge in [0.1, 0.15) is 0 Å². The molecule has 0 bridgehead atoms. The highest BCUT2D eigenvalue weighted by Crippen LogP contribution is 2.67. The molecule has 0 nitrogen and oxygen atoms in total. The van der Waals surface area contributed by atoms with E-state index in [9.17, 15) is 0 Å². The monoisotopic (exact) mass is 360 g/mol. The number of hydrogen-bond donors (Lipinski definition) is 0. The SMILES string of the molecule is CCCCCCC1(Br)CC1(Br)Br. The third-order valence-electron chi connectivity index (χ3n) is 2.46. The standard InChI is InChI=1S/C9H15Br3/c1-2-3-4-5-6-8(10)7-9(8,11)12/h2-7H2,1H3. The Morgan fingerprint density at radius 2 is 1.67 bits per heavy atom. The van der Waals surface area contributed by atoms with E-state index in [1.165, 1.54) is 38.5 Å². The maximum Gasteiger partial charge on any atom is 0.0972 e. The number of rotatable bonds is 5. The molecule has 0 radical (unpaired) electrons. The molecule has 1 unspecified atom stereocenters. The molecule has 0 aliphatic heterocycles. The molecule has 1 atom stereocenters. The van der Waals surface area contributed by atoms with Gasteiger partial charge in [0.2, 0.25) is 0 Å². The second-order valence-corrected chi connectivity index (χ2v) is 8.95. The van der Waals surface area contributed by atoms with Crippen LogP contribution in [0.4, 0.5) is 0 Å². The van der Waals surface area contributed by atoms with Crippen LogP contribution in [0.15, 0.2) is 0 Å². The Bertz CT molecular complexity index is 156. The first-order chi connectivity index (χ1) is 5.52. The topological polar surface area (TPSA) is 0 Å². The smallest absolute Gasteiger partial charge is 0.0828 e. The van der Waals surface area contributed by atoms with Crippen LogP contribution in [0.5, 0.6) is 0 Å². The predicted octanol–water partition coefficient (Wildman–Crippen LogP) is 4.98. The van der Waals surface area contributed by atoms with Crippen molar-refractivity contribution in [1.29, 1.82) is 0 Å². The largest absolute Gasteiger partial charge is 0.0972 e. The van der Waals surface area contributed by atoms with Crippen LogP contribution in [0.3, 0.4) is 0 Å². The summed E-state index contributed by atoms with van der Waals surface area (Å²) in [5.74, 6) is 0. The average Bonchev–Trinajstić information content (AvgIpc) is 2.45. The fourth-order valence-corrected chi connectivity index (χ4v) is 4.22. The molecule has 0 N–H and O–H groups in total. The minimum absolute atomic E-state index is 0.194. The van der Waals surface area contributed by atoms with Crippen molar-refractivity contribution in [2.45, 2.75) is 53.0 Å². The first-order valence-corrected chi connectivity index (χ1v) is 6.96. The summed E-state index contributed by atoms with van der Waals surface area (Å²) in [5, 5.41) is 0. The molecular weight excluding hydrogens is 348 g/mol. The van der Waals surface area contributed by atoms with E-state index in [1.54, 1.807) is 0 Å². The highest BCUT2D eigenvalue weighted by Gasteiger charge is 2.62. The molecule has 1 saturated carbocycles. The first-order valence-electron chi connectivity index (χ1n) is 4.58. The van der Waals surface area contributed by atoms with E-state index < -0.39 is 0 Å². The molecule has 0 saturated heterocycles. The van der Waals surface area contributed by atoms with Crippen molar-refractivity contribution in [3.63, 3.8) is 0 Å². The minimum Gasteiger partial charge on any atom is -0.0828 e. The zero-order valence-corrected chi connectivity index (χ0v) is 12.1. The van der Waals surface area contributed by atoms with Gasteiger partial charge in [0.25, 0.3) is 0 Å². The molecule has 0 spiro atoms. The van der Waals surface area contributed by atoms with Crippen LogP contribution in [-0.4, -0.2) is 7.56 Å². The van der Waals surface area contributed by atoms with Crippen LogP contribution in [-0.2, 0) is 0 Å². The third-order valence-corrected chi connectivity index (χ3v) is 6.96. The van der Waals surface area contributed by atoms with E-state index in [1.807, 2.05) is 0 Å². The van der Waals surface area contributed by atoms with Gasteiger partial charge in [-0.05, 0) is 12.8 Å². The second kappa shape index (κ2) is 4.31. The number of alkyl halides is 3. The van der Waals surface area contributed by atoms with Gasteiger partial charge in [-0.1, -0.05) is 80.4 Å². The number of halogens is 3. The van der Waals surface area contributed by atoms with Crippen LogP contribution in [0.25, 0.3) is 0 Å². The zero-order valence-electron chi connectivity index (χ0n) is 7.38. The summed E-state index contributed by atoms with van der Waals surface area (Å²) in [5.41, 5.74) is 0. The molecular formula is C9H15Br3. The fourth-order valence-electron chi connectivity index (χ4n) is 1.41. The van der Waals surface area contributed by atoms with Gasteiger partial charge in [0, 0.05) is 0 Å². The highest BCUT2D eigenvalue weighted by molar-refractivity contribution is 9.26. The molecule has 1 rings (SSSR count). The Balaban J connectivity index is 2.09. The zero-order chi connectivity index (χ0) is 9.24. The van der Waals surface area contributed by atoms with Gasteiger partial charge in [-0.15, -0.1) is 0 Å². The molecule has 1 aliphatic carbocycles. The van der Waals surface area contributed by atoms with Crippen molar-refractivity contribution in [2.24, 2.45) is 0 Å². The summed E-state index contributed by atoms with van der Waals surface area (Å²) >= 11 is 11.1. The van der Waals surface area contributed by atoms with E-state index in [0.717, 1.165) is 0 Å². The lowest BCUT2D eigenvalue weighted by atomic mass is 10.1. The van der Waals surface area contributed by atoms with Crippen molar-refractivity contribution in [3.8, 4) is 0 Å². The molecule has 72 valence electrons. The summed E-state index contributed by atoms with van der Waals surface area (Å²) < 4.78 is 0.535. The van der Waals surface area contributed by atoms with E-state index in [2.05, 4.69) is 54.7 Å². The van der Waals surface area contributed by atoms with Crippen molar-refractivity contribution in [2.75, 3.05) is 0 Å². The summed E-state index contributed by atoms with van der Waals surface area (Å²) in [4.78, 5) is 0. The molecule has 1 aliphatic rings. The quantitative estimate of drug-likeness (QED) is 0.478. The van der Waals surface area contributed by atoms with E-state index in [0.29, 0.717) is 4.32 Å². The van der Waals surface area contributed by atoms with Gasteiger partial charge in [-0.3, -0.25) is 0 Å². The van der Waals surface area contributed by atoms with Crippen molar-refractivity contribution < 1.29 is 0 Å². The van der Waals surface area contributed by atoms with E-state index in [-0.39, 0.29) is 3.23 Å². The first kappa shape index (κ1) is 11.5. The van der Waals surface area contributed by atoms with Gasteiger partial charge in [0.15, 0.2) is 0 Å². The lowest BCUT2D eigenvalue weighted by Crippen LogP contribution is -2.06. The van der Waals surface area contributed by atoms with Crippen LogP contribution in [0.2, 0.25) is 0 Å². The molecule has 0 heterocycles. The van der Waals surface area contributed by atoms with Gasteiger partial charge in [-0.2, -0.15) is 0 Å². The summed E-state index contributed by atoms with van der Waals surface area (Å²) in [6.45, 7) is 2.25. The summed E-state index contributed by atoms with van der Waals surface area (Å²) in [7, 11) is 0. The maximum atomic E-state index is 3.77. The maximum absolute atomic E-state index is 3.77. The Morgan fingerprint density at radius 1 is 1.08 bits per heavy atom. The van der Waals surface area contributed by atoms with Gasteiger partial charge in [-0.25, -0.2) is 0 Å². The molecule has 1 fully saturated rings. The lowest BCUT2D eigenvalue weighted by molar-refractivity contribution is 0.619. The Hall–Kier alpha value is 1.44. The molecule has 0 amide bonds. The average molecular weight is 363 g/mol. The Kier molecular flexibility index (Phi) is 4.13. The molecule has 0 aromatic heterocycles.